The second kappa shape index (κ2) is 7.25. The number of aryl methyl sites for hydroxylation is 1. The first-order valence-electron chi connectivity index (χ1n) is 9.41. The molecule has 8 heteroatoms. The average molecular weight is 390 g/mol. The second-order valence-electron chi connectivity index (χ2n) is 7.94. The maximum Gasteiger partial charge on any atom is 0.231 e. The number of carbonyl (C=O) groups is 1. The summed E-state index contributed by atoms with van der Waals surface area (Å²) < 4.78 is 29.9. The zero-order valence-electron chi connectivity index (χ0n) is 15.8. The zero-order valence-corrected chi connectivity index (χ0v) is 15.8. The van der Waals surface area contributed by atoms with Gasteiger partial charge in [0.2, 0.25) is 5.91 Å². The molecule has 4 rings (SSSR count). The van der Waals surface area contributed by atoms with Gasteiger partial charge >= 0.3 is 0 Å². The van der Waals surface area contributed by atoms with Crippen molar-refractivity contribution in [2.24, 2.45) is 12.5 Å². The van der Waals surface area contributed by atoms with Crippen LogP contribution in [-0.2, 0) is 24.8 Å². The molecule has 0 saturated carbocycles. The van der Waals surface area contributed by atoms with E-state index in [-0.39, 0.29) is 31.2 Å². The van der Waals surface area contributed by atoms with Crippen molar-refractivity contribution in [2.45, 2.75) is 25.2 Å². The molecule has 6 nitrogen and oxygen atoms in total. The Labute approximate surface area is 162 Å². The third kappa shape index (κ3) is 3.42. The maximum atomic E-state index is 14.2. The Morgan fingerprint density at radius 3 is 2.68 bits per heavy atom. The number of rotatable bonds is 5. The van der Waals surface area contributed by atoms with Crippen molar-refractivity contribution in [1.29, 1.82) is 0 Å². The number of alkyl halides is 1. The molecule has 0 radical (unpaired) electrons. The first-order valence-corrected chi connectivity index (χ1v) is 9.41. The molecular weight excluding hydrogens is 366 g/mol. The minimum absolute atomic E-state index is 0.0155. The summed E-state index contributed by atoms with van der Waals surface area (Å²) in [6.45, 7) is 1.34. The number of nitrogens with zero attached hydrogens (tertiary/aromatic N) is 4. The first kappa shape index (κ1) is 19.0. The van der Waals surface area contributed by atoms with Crippen LogP contribution in [0, 0.1) is 11.2 Å². The van der Waals surface area contributed by atoms with Crippen molar-refractivity contribution in [2.75, 3.05) is 26.2 Å². The fraction of sp³-hybridized carbons (Fsp3) is 0.500. The van der Waals surface area contributed by atoms with Gasteiger partial charge in [-0.2, -0.15) is 0 Å². The van der Waals surface area contributed by atoms with E-state index < -0.39 is 17.7 Å². The Kier molecular flexibility index (Phi) is 4.93. The summed E-state index contributed by atoms with van der Waals surface area (Å²) in [5.41, 5.74) is -0.346. The Balaban J connectivity index is 1.53. The van der Waals surface area contributed by atoms with Crippen molar-refractivity contribution >= 4 is 5.91 Å². The minimum Gasteiger partial charge on any atom is -0.388 e. The Hall–Kier alpha value is -2.32. The molecule has 1 aromatic heterocycles. The number of likely N-dealkylation sites (tertiary alicyclic amines) is 2. The van der Waals surface area contributed by atoms with Gasteiger partial charge in [0.05, 0.1) is 18.5 Å². The van der Waals surface area contributed by atoms with Crippen molar-refractivity contribution in [3.05, 3.63) is 53.9 Å². The number of aliphatic hydroxyl groups is 1. The van der Waals surface area contributed by atoms with Crippen LogP contribution < -0.4 is 0 Å². The molecule has 2 fully saturated rings. The molecule has 0 spiro atoms. The van der Waals surface area contributed by atoms with E-state index in [4.69, 9.17) is 0 Å². The molecule has 1 aromatic carbocycles. The van der Waals surface area contributed by atoms with E-state index in [2.05, 4.69) is 9.88 Å². The number of benzene rings is 1. The molecule has 0 bridgehead atoms. The van der Waals surface area contributed by atoms with Crippen LogP contribution in [0.4, 0.5) is 8.78 Å². The molecule has 2 aliphatic rings. The van der Waals surface area contributed by atoms with Gasteiger partial charge in [-0.05, 0) is 18.1 Å². The van der Waals surface area contributed by atoms with Gasteiger partial charge < -0.3 is 14.6 Å². The van der Waals surface area contributed by atoms with Crippen molar-refractivity contribution in [3.63, 3.8) is 0 Å². The van der Waals surface area contributed by atoms with Gasteiger partial charge in [0.1, 0.15) is 23.9 Å². The largest absolute Gasteiger partial charge is 0.388 e. The Bertz CT molecular complexity index is 855. The van der Waals surface area contributed by atoms with E-state index in [9.17, 15) is 18.7 Å². The zero-order chi connectivity index (χ0) is 19.9. The summed E-state index contributed by atoms with van der Waals surface area (Å²) in [7, 11) is 1.91. The third-order valence-corrected chi connectivity index (χ3v) is 5.79. The van der Waals surface area contributed by atoms with Crippen LogP contribution in [0.5, 0.6) is 0 Å². The van der Waals surface area contributed by atoms with E-state index in [0.29, 0.717) is 25.2 Å². The quantitative estimate of drug-likeness (QED) is 0.832. The SMILES string of the molecule is Cn1ccnc1CN1CC(Cc2ccccc2F)(C(=O)N2C[C@@H](O)[C@H](F)C2)C1. The van der Waals surface area contributed by atoms with Crippen molar-refractivity contribution in [3.8, 4) is 0 Å². The van der Waals surface area contributed by atoms with Gasteiger partial charge in [-0.15, -0.1) is 0 Å². The highest BCUT2D eigenvalue weighted by Crippen LogP contribution is 2.38. The van der Waals surface area contributed by atoms with Crippen LogP contribution in [0.15, 0.2) is 36.7 Å². The Morgan fingerprint density at radius 1 is 1.32 bits per heavy atom. The molecule has 1 N–H and O–H groups in total. The fourth-order valence-electron chi connectivity index (χ4n) is 4.25. The number of β-amino-alcohol motifs (C(OH)–C–C–N with tert-alkyl or cyclic N) is 1. The van der Waals surface area contributed by atoms with Crippen LogP contribution in [-0.4, -0.2) is 68.8 Å². The number of aromatic nitrogens is 2. The second-order valence-corrected chi connectivity index (χ2v) is 7.94. The molecule has 0 unspecified atom stereocenters. The monoisotopic (exact) mass is 390 g/mol. The summed E-state index contributed by atoms with van der Waals surface area (Å²) in [6.07, 6.45) is 1.25. The van der Waals surface area contributed by atoms with E-state index in [1.54, 1.807) is 24.4 Å². The van der Waals surface area contributed by atoms with Gasteiger partial charge in [-0.25, -0.2) is 13.8 Å². The lowest BCUT2D eigenvalue weighted by Crippen LogP contribution is -2.64. The molecule has 2 atom stereocenters. The van der Waals surface area contributed by atoms with Gasteiger partial charge in [0.15, 0.2) is 0 Å². The molecular formula is C20H24F2N4O2. The highest BCUT2D eigenvalue weighted by atomic mass is 19.1. The molecule has 0 aliphatic carbocycles. The molecule has 150 valence electrons. The van der Waals surface area contributed by atoms with Crippen LogP contribution >= 0.6 is 0 Å². The smallest absolute Gasteiger partial charge is 0.231 e. The summed E-state index contributed by atoms with van der Waals surface area (Å²) in [5.74, 6) is 0.320. The van der Waals surface area contributed by atoms with E-state index >= 15 is 0 Å². The lowest BCUT2D eigenvalue weighted by atomic mass is 9.73. The fourth-order valence-corrected chi connectivity index (χ4v) is 4.25. The van der Waals surface area contributed by atoms with E-state index in [1.165, 1.54) is 11.0 Å². The van der Waals surface area contributed by atoms with Gasteiger partial charge in [-0.1, -0.05) is 18.2 Å². The number of hydrogen-bond acceptors (Lipinski definition) is 4. The van der Waals surface area contributed by atoms with E-state index in [1.807, 2.05) is 17.8 Å². The molecule has 1 amide bonds. The predicted molar refractivity (Wildman–Crippen MR) is 98.5 cm³/mol. The number of aliphatic hydroxyl groups excluding tert-OH is 1. The molecule has 2 saturated heterocycles. The molecule has 28 heavy (non-hydrogen) atoms. The van der Waals surface area contributed by atoms with E-state index in [0.717, 1.165) is 5.82 Å². The predicted octanol–water partition coefficient (Wildman–Crippen LogP) is 1.15. The number of carbonyl (C=O) groups excluding carboxylic acids is 1. The number of imidazole rings is 1. The highest BCUT2D eigenvalue weighted by molar-refractivity contribution is 5.85. The van der Waals surface area contributed by atoms with Crippen molar-refractivity contribution in [1.82, 2.24) is 19.4 Å². The van der Waals surface area contributed by atoms with Gasteiger partial charge in [0, 0.05) is 39.1 Å². The minimum atomic E-state index is -1.43. The average Bonchev–Trinajstić information content (AvgIpc) is 3.19. The molecule has 3 heterocycles. The van der Waals surface area contributed by atoms with Crippen LogP contribution in [0.1, 0.15) is 11.4 Å². The maximum absolute atomic E-state index is 14.2. The normalized spacial score (nSPS) is 24.4. The summed E-state index contributed by atoms with van der Waals surface area (Å²) in [5, 5.41) is 9.71. The standard InChI is InChI=1S/C20H24F2N4O2/c1-24-7-6-23-18(24)11-25-12-20(13-25,8-14-4-2-3-5-15(14)21)19(28)26-9-16(22)17(27)10-26/h2-7,16-17,27H,8-13H2,1H3/t16-,17-/m1/s1. The summed E-state index contributed by atoms with van der Waals surface area (Å²) >= 11 is 0. The lowest BCUT2D eigenvalue weighted by Gasteiger charge is -2.50. The third-order valence-electron chi connectivity index (χ3n) is 5.79. The summed E-state index contributed by atoms with van der Waals surface area (Å²) in [6, 6.07) is 6.43. The number of amides is 1. The topological polar surface area (TPSA) is 61.6 Å². The van der Waals surface area contributed by atoms with Crippen LogP contribution in [0.2, 0.25) is 0 Å². The molecule has 2 aromatic rings. The lowest BCUT2D eigenvalue weighted by molar-refractivity contribution is -0.153. The van der Waals surface area contributed by atoms with Gasteiger partial charge in [0.25, 0.3) is 0 Å². The number of halogens is 2. The summed E-state index contributed by atoms with van der Waals surface area (Å²) in [4.78, 5) is 21.0. The number of hydrogen-bond donors (Lipinski definition) is 1. The first-order chi connectivity index (χ1) is 13.4. The van der Waals surface area contributed by atoms with Crippen molar-refractivity contribution < 1.29 is 18.7 Å². The highest BCUT2D eigenvalue weighted by Gasteiger charge is 2.52. The van der Waals surface area contributed by atoms with Gasteiger partial charge in [-0.3, -0.25) is 9.69 Å². The Morgan fingerprint density at radius 2 is 2.07 bits per heavy atom. The van der Waals surface area contributed by atoms with Crippen LogP contribution in [0.25, 0.3) is 0 Å². The molecule has 2 aliphatic heterocycles. The van der Waals surface area contributed by atoms with Crippen LogP contribution in [0.3, 0.4) is 0 Å².